The van der Waals surface area contributed by atoms with Crippen molar-refractivity contribution in [3.8, 4) is 6.07 Å². The van der Waals surface area contributed by atoms with Gasteiger partial charge in [0.1, 0.15) is 12.1 Å². The molecule has 1 aromatic carbocycles. The predicted molar refractivity (Wildman–Crippen MR) is 112 cm³/mol. The minimum atomic E-state index is -4.83. The maximum Gasteiger partial charge on any atom is 0.419 e. The number of nitrogens with one attached hydrogen (secondary N) is 1. The van der Waals surface area contributed by atoms with Gasteiger partial charge in [0, 0.05) is 18.7 Å². The van der Waals surface area contributed by atoms with E-state index in [1.165, 1.54) is 6.07 Å². The quantitative estimate of drug-likeness (QED) is 0.671. The Morgan fingerprint density at radius 1 is 1.28 bits per heavy atom. The number of nitrogens with zero attached hydrogens (tertiary/aromatic N) is 4. The summed E-state index contributed by atoms with van der Waals surface area (Å²) in [6, 6.07) is 6.28. The Hall–Kier alpha value is -3.24. The first-order valence-electron chi connectivity index (χ1n) is 9.10. The van der Waals surface area contributed by atoms with Crippen LogP contribution in [0.1, 0.15) is 22.4 Å². The first-order chi connectivity index (χ1) is 14.9. The smallest absolute Gasteiger partial charge is 0.332 e. The molecule has 0 bridgehead atoms. The molecule has 0 radical (unpaired) electrons. The van der Waals surface area contributed by atoms with Crippen LogP contribution in [0.5, 0.6) is 0 Å². The molecule has 1 N–H and O–H groups in total. The molecule has 8 nitrogen and oxygen atoms in total. The molecule has 1 unspecified atom stereocenters. The van der Waals surface area contributed by atoms with Crippen molar-refractivity contribution in [3.05, 3.63) is 52.8 Å². The molecule has 4 rings (SSSR count). The minimum absolute atomic E-state index is 0.00626. The number of benzene rings is 1. The number of hydrogen-bond acceptors (Lipinski definition) is 6. The third kappa shape index (κ3) is 3.87. The lowest BCUT2D eigenvalue weighted by Crippen LogP contribution is -2.40. The van der Waals surface area contributed by atoms with Gasteiger partial charge in [-0.15, -0.1) is 0 Å². The zero-order valence-electron chi connectivity index (χ0n) is 16.3. The summed E-state index contributed by atoms with van der Waals surface area (Å²) in [5.41, 5.74) is -0.334. The summed E-state index contributed by atoms with van der Waals surface area (Å²) >= 11 is 5.39. The molecular weight excluding hydrogens is 467 g/mol. The molecular formula is C19H14F3N5O3S2. The van der Waals surface area contributed by atoms with Crippen LogP contribution in [-0.4, -0.2) is 41.6 Å². The average molecular weight is 481 g/mol. The van der Waals surface area contributed by atoms with E-state index < -0.39 is 39.4 Å². The summed E-state index contributed by atoms with van der Waals surface area (Å²) in [7, 11) is -3.48. The van der Waals surface area contributed by atoms with Crippen LogP contribution >= 0.6 is 12.2 Å². The highest BCUT2D eigenvalue weighted by atomic mass is 32.2. The number of carbonyl (C=O) groups excluding carboxylic acids is 1. The average Bonchev–Trinajstić information content (AvgIpc) is 2.94. The van der Waals surface area contributed by atoms with Gasteiger partial charge in [-0.1, -0.05) is 6.07 Å². The van der Waals surface area contributed by atoms with Crippen molar-refractivity contribution in [1.82, 2.24) is 9.88 Å². The molecule has 3 heterocycles. The molecule has 1 saturated heterocycles. The lowest BCUT2D eigenvalue weighted by atomic mass is 9.94. The second-order valence-electron chi connectivity index (χ2n) is 7.36. The maximum absolute atomic E-state index is 13.3. The molecule has 1 fully saturated rings. The fraction of sp³-hybridized carbons (Fsp3) is 0.263. The maximum atomic E-state index is 13.3. The largest absolute Gasteiger partial charge is 0.419 e. The number of thiocarbonyl (C=S) groups is 1. The number of amides is 1. The van der Waals surface area contributed by atoms with Crippen molar-refractivity contribution in [1.29, 1.82) is 5.26 Å². The Bertz CT molecular complexity index is 1300. The minimum Gasteiger partial charge on any atom is -0.332 e. The number of nitriles is 1. The van der Waals surface area contributed by atoms with Crippen LogP contribution in [0.25, 0.3) is 0 Å². The van der Waals surface area contributed by atoms with Crippen molar-refractivity contribution in [2.24, 2.45) is 0 Å². The number of anilines is 2. The molecule has 2 aromatic rings. The van der Waals surface area contributed by atoms with Crippen LogP contribution in [-0.2, 0) is 34.0 Å². The van der Waals surface area contributed by atoms with Crippen molar-refractivity contribution in [2.45, 2.75) is 25.2 Å². The van der Waals surface area contributed by atoms with Crippen molar-refractivity contribution in [3.63, 3.8) is 0 Å². The van der Waals surface area contributed by atoms with Crippen LogP contribution in [0.3, 0.4) is 0 Å². The van der Waals surface area contributed by atoms with E-state index in [2.05, 4.69) is 9.71 Å². The Labute approximate surface area is 186 Å². The fourth-order valence-electron chi connectivity index (χ4n) is 3.77. The SMILES string of the molecule is CS(=O)(=O)Nc1ccc2c(c1)CN1C(=S)N(c3cnc(C#N)c(C(F)(F)F)c3)C(=O)C1C2. The van der Waals surface area contributed by atoms with Gasteiger partial charge in [0.2, 0.25) is 10.0 Å². The van der Waals surface area contributed by atoms with E-state index in [0.717, 1.165) is 28.5 Å². The Morgan fingerprint density at radius 2 is 2.00 bits per heavy atom. The van der Waals surface area contributed by atoms with Gasteiger partial charge in [0.05, 0.1) is 23.7 Å². The Kier molecular flexibility index (Phi) is 5.09. The lowest BCUT2D eigenvalue weighted by Gasteiger charge is -2.30. The molecule has 0 saturated carbocycles. The fourth-order valence-corrected chi connectivity index (χ4v) is 4.72. The molecule has 0 aliphatic carbocycles. The first kappa shape index (κ1) is 22.0. The number of sulfonamides is 1. The van der Waals surface area contributed by atoms with E-state index in [4.69, 9.17) is 17.5 Å². The molecule has 13 heteroatoms. The van der Waals surface area contributed by atoms with Crippen LogP contribution in [0, 0.1) is 11.3 Å². The van der Waals surface area contributed by atoms with E-state index in [1.54, 1.807) is 23.1 Å². The summed E-state index contributed by atoms with van der Waals surface area (Å²) in [6.45, 7) is 0.177. The third-order valence-corrected chi connectivity index (χ3v) is 6.15. The van der Waals surface area contributed by atoms with Crippen LogP contribution in [0.4, 0.5) is 24.5 Å². The summed E-state index contributed by atoms with van der Waals surface area (Å²) in [5.74, 6) is -0.501. The van der Waals surface area contributed by atoms with Gasteiger partial charge >= 0.3 is 6.18 Å². The molecule has 166 valence electrons. The molecule has 1 amide bonds. The van der Waals surface area contributed by atoms with Gasteiger partial charge in [0.25, 0.3) is 5.91 Å². The van der Waals surface area contributed by atoms with Crippen LogP contribution in [0.2, 0.25) is 0 Å². The van der Waals surface area contributed by atoms with Crippen molar-refractivity contribution < 1.29 is 26.4 Å². The number of fused-ring (bicyclic) bond motifs is 2. The predicted octanol–water partition coefficient (Wildman–Crippen LogP) is 2.40. The normalized spacial score (nSPS) is 18.3. The zero-order valence-corrected chi connectivity index (χ0v) is 18.0. The monoisotopic (exact) mass is 481 g/mol. The van der Waals surface area contributed by atoms with Crippen molar-refractivity contribution in [2.75, 3.05) is 15.9 Å². The molecule has 1 aromatic heterocycles. The standard InChI is InChI=1S/C19H14F3N5O3S2/c1-32(29,30)25-12-3-2-10-5-16-17(28)27(18(31)26(16)9-11(10)4-12)13-6-14(19(20,21)22)15(7-23)24-8-13/h2-4,6,8,16,25H,5,9H2,1H3. The van der Waals surface area contributed by atoms with Crippen LogP contribution < -0.4 is 9.62 Å². The first-order valence-corrected chi connectivity index (χ1v) is 11.4. The van der Waals surface area contributed by atoms with Crippen LogP contribution in [0.15, 0.2) is 30.5 Å². The number of hydrogen-bond donors (Lipinski definition) is 1. The second-order valence-corrected chi connectivity index (χ2v) is 9.47. The van der Waals surface area contributed by atoms with E-state index in [1.807, 2.05) is 0 Å². The Morgan fingerprint density at radius 3 is 2.62 bits per heavy atom. The van der Waals surface area contributed by atoms with Gasteiger partial charge in [0.15, 0.2) is 10.8 Å². The van der Waals surface area contributed by atoms with Gasteiger partial charge in [-0.3, -0.25) is 14.4 Å². The highest BCUT2D eigenvalue weighted by molar-refractivity contribution is 7.92. The number of rotatable bonds is 3. The highest BCUT2D eigenvalue weighted by Crippen LogP contribution is 2.37. The van der Waals surface area contributed by atoms with E-state index in [9.17, 15) is 26.4 Å². The topological polar surface area (TPSA) is 106 Å². The van der Waals surface area contributed by atoms with Gasteiger partial charge < -0.3 is 4.90 Å². The number of aromatic nitrogens is 1. The lowest BCUT2D eigenvalue weighted by molar-refractivity contribution is -0.138. The molecule has 32 heavy (non-hydrogen) atoms. The number of carbonyl (C=O) groups is 1. The molecule has 2 aliphatic rings. The Balaban J connectivity index is 1.68. The zero-order chi connectivity index (χ0) is 23.4. The second kappa shape index (κ2) is 7.42. The number of halogens is 3. The van der Waals surface area contributed by atoms with E-state index in [-0.39, 0.29) is 23.8 Å². The summed E-state index contributed by atoms with van der Waals surface area (Å²) in [6.07, 6.45) is -2.54. The third-order valence-electron chi connectivity index (χ3n) is 5.12. The highest BCUT2D eigenvalue weighted by Gasteiger charge is 2.46. The molecule has 2 aliphatic heterocycles. The number of alkyl halides is 3. The van der Waals surface area contributed by atoms with Crippen molar-refractivity contribution >= 4 is 44.6 Å². The van der Waals surface area contributed by atoms with Gasteiger partial charge in [-0.25, -0.2) is 13.4 Å². The molecule has 1 atom stereocenters. The summed E-state index contributed by atoms with van der Waals surface area (Å²) in [5, 5.41) is 8.94. The van der Waals surface area contributed by atoms with E-state index >= 15 is 0 Å². The van der Waals surface area contributed by atoms with Gasteiger partial charge in [-0.2, -0.15) is 18.4 Å². The summed E-state index contributed by atoms with van der Waals surface area (Å²) < 4.78 is 65.4. The number of pyridine rings is 1. The van der Waals surface area contributed by atoms with Gasteiger partial charge in [-0.05, 0) is 41.5 Å². The van der Waals surface area contributed by atoms with E-state index in [0.29, 0.717) is 11.8 Å². The summed E-state index contributed by atoms with van der Waals surface area (Å²) in [4.78, 5) is 19.2. The molecule has 0 spiro atoms.